The number of ketones is 1. The summed E-state index contributed by atoms with van der Waals surface area (Å²) < 4.78 is 85.6. The van der Waals surface area contributed by atoms with E-state index in [9.17, 15) is 9.59 Å². The van der Waals surface area contributed by atoms with Crippen LogP contribution in [0.4, 0.5) is 0 Å². The minimum atomic E-state index is -3.82. The molecule has 1 aliphatic heterocycles. The number of carbonyl (C=O) groups excluding carboxylic acids is 2. The van der Waals surface area contributed by atoms with E-state index in [-0.39, 0.29) is 19.3 Å². The fourth-order valence-electron chi connectivity index (χ4n) is 1.82. The first-order valence-corrected chi connectivity index (χ1v) is 5.07. The summed E-state index contributed by atoms with van der Waals surface area (Å²) in [7, 11) is 0. The van der Waals surface area contributed by atoms with Crippen LogP contribution in [0.5, 0.6) is 0 Å². The molecule has 0 aromatic carbocycles. The normalized spacial score (nSPS) is 39.8. The van der Waals surface area contributed by atoms with Crippen molar-refractivity contribution in [3.63, 3.8) is 0 Å². The number of piperidine rings is 1. The largest absolute Gasteiger partial charge is 0.350 e. The molecule has 1 rings (SSSR count). The number of nitrogens with one attached hydrogen (secondary N) is 1. The van der Waals surface area contributed by atoms with E-state index in [1.165, 1.54) is 0 Å². The second-order valence-electron chi connectivity index (χ2n) is 3.86. The Kier molecular flexibility index (Phi) is 1.67. The fourth-order valence-corrected chi connectivity index (χ4v) is 1.82. The van der Waals surface area contributed by atoms with E-state index < -0.39 is 56.0 Å². The Balaban J connectivity index is 3.59. The van der Waals surface area contributed by atoms with Gasteiger partial charge in [0.05, 0.1) is 0 Å². The van der Waals surface area contributed by atoms with Crippen molar-refractivity contribution in [1.29, 1.82) is 0 Å². The summed E-state index contributed by atoms with van der Waals surface area (Å²) in [6.45, 7) is -2.48. The third-order valence-electron chi connectivity index (χ3n) is 2.36. The van der Waals surface area contributed by atoms with Crippen molar-refractivity contribution in [2.45, 2.75) is 70.5 Å². The van der Waals surface area contributed by atoms with Crippen LogP contribution in [0.2, 0.25) is 0 Å². The first-order valence-electron chi connectivity index (χ1n) is 10.6. The van der Waals surface area contributed by atoms with Crippen LogP contribution < -0.4 is 5.32 Å². The summed E-state index contributed by atoms with van der Waals surface area (Å²) in [4.78, 5) is 23.6. The van der Waals surface area contributed by atoms with Gasteiger partial charge in [-0.1, -0.05) is 26.0 Å². The smallest absolute Gasteiger partial charge is 0.220 e. The highest BCUT2D eigenvalue weighted by atomic mass is 16.2. The highest BCUT2D eigenvalue weighted by molar-refractivity contribution is 5.81. The third-order valence-corrected chi connectivity index (χ3v) is 2.36. The van der Waals surface area contributed by atoms with Gasteiger partial charge >= 0.3 is 0 Å². The van der Waals surface area contributed by atoms with Gasteiger partial charge in [-0.05, 0) is 26.1 Å². The maximum absolute atomic E-state index is 11.9. The standard InChI is InChI=1S/C13H23NO2/c1-3-4-5-8-13(10-11(2)15)9-6-7-12(16)14-13/h3-10H2,1-2H3,(H,14,16)/t13-/m1/s1/i1D3,3D2,4D2,5D2,8D2. The molecule has 1 amide bonds. The van der Waals surface area contributed by atoms with Crippen molar-refractivity contribution in [3.05, 3.63) is 0 Å². The Morgan fingerprint density at radius 3 is 3.06 bits per heavy atom. The van der Waals surface area contributed by atoms with E-state index in [2.05, 4.69) is 5.32 Å². The summed E-state index contributed by atoms with van der Waals surface area (Å²) in [6, 6.07) is 0. The van der Waals surface area contributed by atoms with E-state index in [1.807, 2.05) is 0 Å². The average molecular weight is 236 g/mol. The van der Waals surface area contributed by atoms with Crippen molar-refractivity contribution in [2.75, 3.05) is 0 Å². The summed E-state index contributed by atoms with van der Waals surface area (Å²) in [6.07, 6.45) is -15.3. The summed E-state index contributed by atoms with van der Waals surface area (Å²) in [5.41, 5.74) is -2.13. The summed E-state index contributed by atoms with van der Waals surface area (Å²) in [5, 5.41) is 2.27. The third kappa shape index (κ3) is 3.95. The topological polar surface area (TPSA) is 46.2 Å². The molecule has 92 valence electrons. The molecule has 0 aromatic heterocycles. The van der Waals surface area contributed by atoms with Gasteiger partial charge in [-0.25, -0.2) is 0 Å². The van der Waals surface area contributed by atoms with Crippen molar-refractivity contribution < 1.29 is 24.7 Å². The Morgan fingerprint density at radius 1 is 1.62 bits per heavy atom. The van der Waals surface area contributed by atoms with Gasteiger partial charge < -0.3 is 5.32 Å². The Hall–Kier alpha value is -0.860. The SMILES string of the molecule is [2H]C([2H])([2H])C([2H])([2H])C([2H])([2H])C([2H])([2H])C([2H])([2H])[C@]1(CC(C)=O)CCCC(=O)N1. The Morgan fingerprint density at radius 2 is 2.44 bits per heavy atom. The number of hydrogen-bond acceptors (Lipinski definition) is 2. The molecule has 3 nitrogen and oxygen atoms in total. The number of Topliss-reactive ketones (excluding diaryl/α,β-unsaturated/α-hetero) is 1. The quantitative estimate of drug-likeness (QED) is 0.770. The number of carbonyl (C=O) groups is 2. The van der Waals surface area contributed by atoms with Gasteiger partial charge in [0.25, 0.3) is 0 Å². The lowest BCUT2D eigenvalue weighted by atomic mass is 9.80. The van der Waals surface area contributed by atoms with Crippen molar-refractivity contribution in [1.82, 2.24) is 5.32 Å². The van der Waals surface area contributed by atoms with Gasteiger partial charge in [0.2, 0.25) is 5.91 Å². The molecular formula is C13H23NO2. The molecule has 3 heteroatoms. The number of hydrogen-bond donors (Lipinski definition) is 1. The average Bonchev–Trinajstić information content (AvgIpc) is 2.44. The number of amides is 1. The predicted octanol–water partition coefficient (Wildman–Crippen LogP) is 2.58. The van der Waals surface area contributed by atoms with Crippen LogP contribution in [0.15, 0.2) is 0 Å². The lowest BCUT2D eigenvalue weighted by Crippen LogP contribution is -2.52. The van der Waals surface area contributed by atoms with Crippen LogP contribution in [0.1, 0.15) is 80.0 Å². The van der Waals surface area contributed by atoms with Gasteiger partial charge in [-0.3, -0.25) is 9.59 Å². The molecule has 1 fully saturated rings. The van der Waals surface area contributed by atoms with Gasteiger partial charge in [0.1, 0.15) is 5.78 Å². The highest BCUT2D eigenvalue weighted by Gasteiger charge is 2.35. The van der Waals surface area contributed by atoms with Crippen LogP contribution in [-0.4, -0.2) is 17.2 Å². The molecule has 0 aromatic rings. The van der Waals surface area contributed by atoms with Gasteiger partial charge in [-0.15, -0.1) is 0 Å². The highest BCUT2D eigenvalue weighted by Crippen LogP contribution is 2.29. The molecule has 1 saturated heterocycles. The predicted molar refractivity (Wildman–Crippen MR) is 64.2 cm³/mol. The second kappa shape index (κ2) is 6.02. The van der Waals surface area contributed by atoms with E-state index in [1.54, 1.807) is 0 Å². The monoisotopic (exact) mass is 236 g/mol. The Labute approximate surface area is 113 Å². The van der Waals surface area contributed by atoms with Crippen LogP contribution in [-0.2, 0) is 9.59 Å². The first-order chi connectivity index (χ1) is 11.8. The molecule has 16 heavy (non-hydrogen) atoms. The van der Waals surface area contributed by atoms with Crippen LogP contribution in [0, 0.1) is 0 Å². The maximum Gasteiger partial charge on any atom is 0.220 e. The van der Waals surface area contributed by atoms with Crippen molar-refractivity contribution in [3.8, 4) is 0 Å². The zero-order valence-electron chi connectivity index (χ0n) is 20.1. The molecule has 0 saturated carbocycles. The zero-order chi connectivity index (χ0) is 21.7. The molecule has 1 N–H and O–H groups in total. The van der Waals surface area contributed by atoms with Gasteiger partial charge in [0, 0.05) is 33.5 Å². The van der Waals surface area contributed by atoms with Gasteiger partial charge in [-0.2, -0.15) is 0 Å². The summed E-state index contributed by atoms with van der Waals surface area (Å²) in [5.74, 6) is -1.24. The molecule has 0 bridgehead atoms. The minimum Gasteiger partial charge on any atom is -0.350 e. The van der Waals surface area contributed by atoms with Crippen LogP contribution in [0.3, 0.4) is 0 Å². The second-order valence-corrected chi connectivity index (χ2v) is 3.86. The fraction of sp³-hybridized carbons (Fsp3) is 0.846. The lowest BCUT2D eigenvalue weighted by Gasteiger charge is -2.37. The number of rotatable bonds is 6. The van der Waals surface area contributed by atoms with E-state index in [0.717, 1.165) is 6.92 Å². The Bertz CT molecular complexity index is 610. The molecular weight excluding hydrogens is 202 g/mol. The maximum atomic E-state index is 11.9. The molecule has 0 radical (unpaired) electrons. The van der Waals surface area contributed by atoms with Crippen LogP contribution >= 0.6 is 0 Å². The van der Waals surface area contributed by atoms with E-state index >= 15 is 0 Å². The van der Waals surface area contributed by atoms with Crippen molar-refractivity contribution >= 4 is 11.7 Å². The summed E-state index contributed by atoms with van der Waals surface area (Å²) >= 11 is 0. The van der Waals surface area contributed by atoms with Gasteiger partial charge in [0.15, 0.2) is 0 Å². The molecule has 1 atom stereocenters. The molecule has 1 heterocycles. The lowest BCUT2D eigenvalue weighted by molar-refractivity contribution is -0.126. The molecule has 0 unspecified atom stereocenters. The molecule has 1 aliphatic rings. The van der Waals surface area contributed by atoms with Crippen LogP contribution in [0.25, 0.3) is 0 Å². The van der Waals surface area contributed by atoms with E-state index in [4.69, 9.17) is 15.1 Å². The molecule has 0 aliphatic carbocycles. The molecule has 0 spiro atoms. The van der Waals surface area contributed by atoms with E-state index in [0.29, 0.717) is 0 Å². The first kappa shape index (κ1) is 4.43. The van der Waals surface area contributed by atoms with Crippen molar-refractivity contribution in [2.24, 2.45) is 0 Å². The zero-order valence-corrected chi connectivity index (χ0v) is 9.14. The minimum absolute atomic E-state index is 0.0156.